The second-order valence-corrected chi connectivity index (χ2v) is 6.72. The molecule has 0 spiro atoms. The zero-order valence-corrected chi connectivity index (χ0v) is 13.9. The van der Waals surface area contributed by atoms with Crippen LogP contribution in [-0.4, -0.2) is 16.2 Å². The monoisotopic (exact) mass is 303 g/mol. The summed E-state index contributed by atoms with van der Waals surface area (Å²) < 4.78 is 5.86. The number of anilines is 1. The molecule has 0 amide bonds. The Bertz CT molecular complexity index is 650. The Morgan fingerprint density at radius 3 is 2.43 bits per heavy atom. The summed E-state index contributed by atoms with van der Waals surface area (Å²) in [4.78, 5) is 8.42. The molecule has 0 saturated heterocycles. The highest BCUT2D eigenvalue weighted by molar-refractivity contribution is 7.98. The summed E-state index contributed by atoms with van der Waals surface area (Å²) in [5.41, 5.74) is 8.23. The lowest BCUT2D eigenvalue weighted by Crippen LogP contribution is -2.11. The first-order valence-electron chi connectivity index (χ1n) is 6.77. The van der Waals surface area contributed by atoms with Crippen molar-refractivity contribution in [1.29, 1.82) is 0 Å². The summed E-state index contributed by atoms with van der Waals surface area (Å²) in [5, 5.41) is 0.606. The van der Waals surface area contributed by atoms with Gasteiger partial charge in [0.1, 0.15) is 11.6 Å². The normalized spacial score (nSPS) is 11.5. The highest BCUT2D eigenvalue weighted by Gasteiger charge is 2.15. The van der Waals surface area contributed by atoms with Crippen LogP contribution in [0.1, 0.15) is 31.9 Å². The molecule has 2 aromatic rings. The van der Waals surface area contributed by atoms with E-state index in [4.69, 9.17) is 10.5 Å². The number of rotatable bonds is 3. The minimum absolute atomic E-state index is 0.120. The molecule has 2 rings (SSSR count). The van der Waals surface area contributed by atoms with Gasteiger partial charge in [-0.1, -0.05) is 44.7 Å². The molecule has 112 valence electrons. The van der Waals surface area contributed by atoms with E-state index in [1.165, 1.54) is 17.3 Å². The maximum atomic E-state index is 5.86. The highest BCUT2D eigenvalue weighted by Crippen LogP contribution is 2.30. The quantitative estimate of drug-likeness (QED) is 0.681. The van der Waals surface area contributed by atoms with Crippen molar-refractivity contribution in [3.05, 3.63) is 35.4 Å². The van der Waals surface area contributed by atoms with E-state index in [9.17, 15) is 0 Å². The summed E-state index contributed by atoms with van der Waals surface area (Å²) in [7, 11) is 0. The molecule has 1 aromatic heterocycles. The van der Waals surface area contributed by atoms with Gasteiger partial charge in [-0.3, -0.25) is 0 Å². The maximum absolute atomic E-state index is 5.86. The fourth-order valence-corrected chi connectivity index (χ4v) is 2.29. The molecule has 0 aliphatic carbocycles. The van der Waals surface area contributed by atoms with Crippen molar-refractivity contribution in [2.75, 3.05) is 12.0 Å². The van der Waals surface area contributed by atoms with Gasteiger partial charge in [0.15, 0.2) is 5.16 Å². The minimum Gasteiger partial charge on any atom is -0.439 e. The van der Waals surface area contributed by atoms with Gasteiger partial charge in [-0.05, 0) is 35.8 Å². The van der Waals surface area contributed by atoms with E-state index in [1.807, 2.05) is 19.2 Å². The largest absolute Gasteiger partial charge is 0.439 e. The molecule has 0 aliphatic rings. The molecule has 0 radical (unpaired) electrons. The van der Waals surface area contributed by atoms with Crippen molar-refractivity contribution in [2.24, 2.45) is 0 Å². The van der Waals surface area contributed by atoms with Crippen molar-refractivity contribution in [3.8, 4) is 11.6 Å². The van der Waals surface area contributed by atoms with Crippen molar-refractivity contribution in [1.82, 2.24) is 9.97 Å². The zero-order chi connectivity index (χ0) is 15.6. The van der Waals surface area contributed by atoms with Crippen molar-refractivity contribution < 1.29 is 4.74 Å². The molecule has 0 bridgehead atoms. The summed E-state index contributed by atoms with van der Waals surface area (Å²) in [6.45, 7) is 8.61. The van der Waals surface area contributed by atoms with Gasteiger partial charge in [0.2, 0.25) is 5.88 Å². The Balaban J connectivity index is 2.30. The molecule has 5 heteroatoms. The molecular weight excluding hydrogens is 282 g/mol. The van der Waals surface area contributed by atoms with E-state index >= 15 is 0 Å². The van der Waals surface area contributed by atoms with Crippen LogP contribution in [0.4, 0.5) is 5.82 Å². The van der Waals surface area contributed by atoms with Crippen LogP contribution in [0.5, 0.6) is 11.6 Å². The average molecular weight is 303 g/mol. The molecule has 1 aromatic carbocycles. The molecule has 0 saturated carbocycles. The van der Waals surface area contributed by atoms with Crippen LogP contribution in [0, 0.1) is 6.92 Å². The topological polar surface area (TPSA) is 61.0 Å². The van der Waals surface area contributed by atoms with Crippen LogP contribution in [0.25, 0.3) is 0 Å². The average Bonchev–Trinajstić information content (AvgIpc) is 2.39. The van der Waals surface area contributed by atoms with Crippen LogP contribution >= 0.6 is 11.8 Å². The molecule has 0 atom stereocenters. The third kappa shape index (κ3) is 3.88. The lowest BCUT2D eigenvalue weighted by atomic mass is 9.86. The number of hydrogen-bond donors (Lipinski definition) is 1. The Hall–Kier alpha value is -1.75. The minimum atomic E-state index is 0.120. The van der Waals surface area contributed by atoms with E-state index < -0.39 is 0 Å². The van der Waals surface area contributed by atoms with Gasteiger partial charge in [-0.2, -0.15) is 4.98 Å². The maximum Gasteiger partial charge on any atom is 0.225 e. The van der Waals surface area contributed by atoms with Crippen LogP contribution in [-0.2, 0) is 5.41 Å². The second-order valence-electron chi connectivity index (χ2n) is 5.95. The van der Waals surface area contributed by atoms with Gasteiger partial charge >= 0.3 is 0 Å². The second kappa shape index (κ2) is 5.93. The van der Waals surface area contributed by atoms with Crippen LogP contribution in [0.2, 0.25) is 0 Å². The molecule has 0 fully saturated rings. The molecule has 1 heterocycles. The number of hydrogen-bond acceptors (Lipinski definition) is 5. The Labute approximate surface area is 130 Å². The molecule has 2 N–H and O–H groups in total. The number of nitrogen functional groups attached to an aromatic ring is 1. The van der Waals surface area contributed by atoms with Crippen molar-refractivity contribution in [2.45, 2.75) is 38.3 Å². The van der Waals surface area contributed by atoms with E-state index in [0.29, 0.717) is 16.9 Å². The molecule has 0 aliphatic heterocycles. The summed E-state index contributed by atoms with van der Waals surface area (Å²) in [5.74, 6) is 1.67. The van der Waals surface area contributed by atoms with Gasteiger partial charge in [0.05, 0.1) is 0 Å². The predicted octanol–water partition coefficient (Wildman–Crippen LogP) is 4.18. The fraction of sp³-hybridized carbons (Fsp3) is 0.375. The highest BCUT2D eigenvalue weighted by atomic mass is 32.2. The molecule has 21 heavy (non-hydrogen) atoms. The Morgan fingerprint density at radius 1 is 1.14 bits per heavy atom. The first kappa shape index (κ1) is 15.6. The molecular formula is C16H21N3OS. The summed E-state index contributed by atoms with van der Waals surface area (Å²) >= 11 is 1.44. The molecule has 0 unspecified atom stereocenters. The number of thioether (sulfide) groups is 1. The number of ether oxygens (including phenoxy) is 1. The molecule has 4 nitrogen and oxygen atoms in total. The fourth-order valence-electron chi connectivity index (χ4n) is 1.91. The predicted molar refractivity (Wildman–Crippen MR) is 88.2 cm³/mol. The van der Waals surface area contributed by atoms with Gasteiger partial charge in [0.25, 0.3) is 0 Å². The van der Waals surface area contributed by atoms with E-state index in [2.05, 4.69) is 42.9 Å². The number of aromatic nitrogens is 2. The number of benzene rings is 1. The number of aryl methyl sites for hydroxylation is 1. The summed E-state index contributed by atoms with van der Waals surface area (Å²) in [6, 6.07) is 7.85. The van der Waals surface area contributed by atoms with Crippen LogP contribution in [0.15, 0.2) is 29.4 Å². The third-order valence-corrected chi connectivity index (χ3v) is 3.69. The first-order valence-corrected chi connectivity index (χ1v) is 7.99. The van der Waals surface area contributed by atoms with Gasteiger partial charge in [0, 0.05) is 6.07 Å². The van der Waals surface area contributed by atoms with Crippen molar-refractivity contribution in [3.63, 3.8) is 0 Å². The van der Waals surface area contributed by atoms with Gasteiger partial charge in [-0.25, -0.2) is 4.98 Å². The Kier molecular flexibility index (Phi) is 4.42. The smallest absolute Gasteiger partial charge is 0.225 e. The number of nitrogens with zero attached hydrogens (tertiary/aromatic N) is 2. The zero-order valence-electron chi connectivity index (χ0n) is 13.1. The van der Waals surface area contributed by atoms with E-state index in [-0.39, 0.29) is 5.41 Å². The summed E-state index contributed by atoms with van der Waals surface area (Å²) in [6.07, 6.45) is 1.90. The lowest BCUT2D eigenvalue weighted by molar-refractivity contribution is 0.452. The third-order valence-electron chi connectivity index (χ3n) is 3.14. The van der Waals surface area contributed by atoms with E-state index in [1.54, 1.807) is 6.07 Å². The first-order chi connectivity index (χ1) is 9.79. The van der Waals surface area contributed by atoms with Crippen LogP contribution < -0.4 is 10.5 Å². The Morgan fingerprint density at radius 2 is 1.86 bits per heavy atom. The van der Waals surface area contributed by atoms with Gasteiger partial charge < -0.3 is 10.5 Å². The number of nitrogens with two attached hydrogens (primary N) is 1. The standard InChI is InChI=1S/C16H21N3OS/c1-10-8-11(16(2,3)4)6-7-12(10)20-14-9-13(17)18-15(19-14)21-5/h6-9H,1-5H3,(H2,17,18,19). The van der Waals surface area contributed by atoms with Gasteiger partial charge in [-0.15, -0.1) is 0 Å². The SMILES string of the molecule is CSc1nc(N)cc(Oc2ccc(C(C)(C)C)cc2C)n1. The lowest BCUT2D eigenvalue weighted by Gasteiger charge is -2.20. The van der Waals surface area contributed by atoms with Crippen molar-refractivity contribution >= 4 is 17.6 Å². The van der Waals surface area contributed by atoms with Crippen LogP contribution in [0.3, 0.4) is 0 Å². The van der Waals surface area contributed by atoms with E-state index in [0.717, 1.165) is 11.3 Å².